The lowest BCUT2D eigenvalue weighted by Crippen LogP contribution is -2.15. The number of nitrogens with zero attached hydrogens (tertiary/aromatic N) is 1. The zero-order chi connectivity index (χ0) is 15.4. The van der Waals surface area contributed by atoms with Crippen LogP contribution in [0.3, 0.4) is 0 Å². The van der Waals surface area contributed by atoms with E-state index in [0.29, 0.717) is 16.9 Å². The molecule has 0 aromatic heterocycles. The molecule has 0 bridgehead atoms. The number of halogens is 1. The molecule has 0 heterocycles. The first-order valence-corrected chi connectivity index (χ1v) is 6.59. The van der Waals surface area contributed by atoms with Crippen LogP contribution in [-0.4, -0.2) is 19.6 Å². The molecule has 5 heteroatoms. The van der Waals surface area contributed by atoms with E-state index in [1.165, 1.54) is 12.1 Å². The largest absolute Gasteiger partial charge is 0.462 e. The molecule has 110 valence electrons. The van der Waals surface area contributed by atoms with Gasteiger partial charge in [-0.2, -0.15) is 0 Å². The maximum atomic E-state index is 13.0. The molecule has 2 aromatic carbocycles. The van der Waals surface area contributed by atoms with Gasteiger partial charge in [0, 0.05) is 12.7 Å². The molecule has 2 aromatic rings. The Balaban J connectivity index is 2.37. The van der Waals surface area contributed by atoms with E-state index in [1.807, 2.05) is 0 Å². The van der Waals surface area contributed by atoms with Gasteiger partial charge in [0.05, 0.1) is 23.5 Å². The van der Waals surface area contributed by atoms with Crippen LogP contribution in [0.5, 0.6) is 0 Å². The third kappa shape index (κ3) is 3.13. The van der Waals surface area contributed by atoms with E-state index in [-0.39, 0.29) is 12.4 Å². The maximum absolute atomic E-state index is 13.0. The van der Waals surface area contributed by atoms with Crippen molar-refractivity contribution in [1.29, 1.82) is 0 Å². The second-order valence-electron chi connectivity index (χ2n) is 4.49. The molecule has 0 amide bonds. The van der Waals surface area contributed by atoms with Crippen molar-refractivity contribution in [2.24, 2.45) is 0 Å². The van der Waals surface area contributed by atoms with Crippen LogP contribution in [0.4, 0.5) is 21.5 Å². The highest BCUT2D eigenvalue weighted by atomic mass is 19.1. The van der Waals surface area contributed by atoms with Crippen LogP contribution in [0.1, 0.15) is 17.3 Å². The minimum absolute atomic E-state index is 0.288. The SMILES string of the molecule is CCOC(=O)c1cccc(N(C)c2ccc(F)cc2)c1N. The molecule has 0 aliphatic carbocycles. The van der Waals surface area contributed by atoms with Crippen molar-refractivity contribution < 1.29 is 13.9 Å². The molecule has 0 radical (unpaired) electrons. The van der Waals surface area contributed by atoms with E-state index < -0.39 is 5.97 Å². The summed E-state index contributed by atoms with van der Waals surface area (Å²) in [5.41, 5.74) is 8.15. The summed E-state index contributed by atoms with van der Waals surface area (Å²) in [6, 6.07) is 11.2. The topological polar surface area (TPSA) is 55.6 Å². The molecule has 0 aliphatic heterocycles. The van der Waals surface area contributed by atoms with E-state index in [0.717, 1.165) is 5.69 Å². The van der Waals surface area contributed by atoms with Gasteiger partial charge < -0.3 is 15.4 Å². The number of para-hydroxylation sites is 1. The molecule has 0 saturated carbocycles. The van der Waals surface area contributed by atoms with Gasteiger partial charge in [0.25, 0.3) is 0 Å². The lowest BCUT2D eigenvalue weighted by molar-refractivity contribution is 0.0527. The predicted octanol–water partition coefficient (Wildman–Crippen LogP) is 3.35. The quantitative estimate of drug-likeness (QED) is 0.692. The molecular formula is C16H17FN2O2. The highest BCUT2D eigenvalue weighted by Gasteiger charge is 2.16. The first-order valence-electron chi connectivity index (χ1n) is 6.59. The van der Waals surface area contributed by atoms with Crippen LogP contribution in [0.15, 0.2) is 42.5 Å². The number of nitrogen functional groups attached to an aromatic ring is 1. The van der Waals surface area contributed by atoms with Crippen molar-refractivity contribution in [1.82, 2.24) is 0 Å². The average molecular weight is 288 g/mol. The fourth-order valence-corrected chi connectivity index (χ4v) is 2.04. The van der Waals surface area contributed by atoms with Crippen LogP contribution < -0.4 is 10.6 Å². The Kier molecular flexibility index (Phi) is 4.42. The number of hydrogen-bond donors (Lipinski definition) is 1. The van der Waals surface area contributed by atoms with Crippen molar-refractivity contribution >= 4 is 23.0 Å². The van der Waals surface area contributed by atoms with Crippen LogP contribution in [0, 0.1) is 5.82 Å². The predicted molar refractivity (Wildman–Crippen MR) is 81.3 cm³/mol. The number of carbonyl (C=O) groups excluding carboxylic acids is 1. The first-order chi connectivity index (χ1) is 10.0. The van der Waals surface area contributed by atoms with Gasteiger partial charge in [-0.3, -0.25) is 0 Å². The molecule has 4 nitrogen and oxygen atoms in total. The van der Waals surface area contributed by atoms with E-state index in [4.69, 9.17) is 10.5 Å². The molecule has 2 rings (SSSR count). The summed E-state index contributed by atoms with van der Waals surface area (Å²) >= 11 is 0. The van der Waals surface area contributed by atoms with Crippen molar-refractivity contribution in [3.05, 3.63) is 53.8 Å². The average Bonchev–Trinajstić information content (AvgIpc) is 2.48. The van der Waals surface area contributed by atoms with Crippen LogP contribution >= 0.6 is 0 Å². The van der Waals surface area contributed by atoms with E-state index in [1.54, 1.807) is 49.2 Å². The van der Waals surface area contributed by atoms with Gasteiger partial charge in [0.1, 0.15) is 5.82 Å². The lowest BCUT2D eigenvalue weighted by atomic mass is 10.1. The van der Waals surface area contributed by atoms with Gasteiger partial charge >= 0.3 is 5.97 Å². The normalized spacial score (nSPS) is 10.2. The molecule has 0 aliphatic rings. The number of nitrogens with two attached hydrogens (primary N) is 1. The molecule has 0 fully saturated rings. The van der Waals surface area contributed by atoms with Crippen LogP contribution in [0.25, 0.3) is 0 Å². The number of esters is 1. The van der Waals surface area contributed by atoms with E-state index in [2.05, 4.69) is 0 Å². The Bertz CT molecular complexity index is 641. The summed E-state index contributed by atoms with van der Waals surface area (Å²) in [5.74, 6) is -0.759. The molecule has 0 unspecified atom stereocenters. The van der Waals surface area contributed by atoms with Gasteiger partial charge in [0.2, 0.25) is 0 Å². The molecule has 0 spiro atoms. The third-order valence-corrected chi connectivity index (χ3v) is 3.15. The van der Waals surface area contributed by atoms with E-state index >= 15 is 0 Å². The second kappa shape index (κ2) is 6.26. The third-order valence-electron chi connectivity index (χ3n) is 3.15. The summed E-state index contributed by atoms with van der Waals surface area (Å²) in [7, 11) is 1.80. The van der Waals surface area contributed by atoms with Crippen molar-refractivity contribution in [3.8, 4) is 0 Å². The molecule has 21 heavy (non-hydrogen) atoms. The zero-order valence-electron chi connectivity index (χ0n) is 12.0. The monoisotopic (exact) mass is 288 g/mol. The molecule has 0 saturated heterocycles. The van der Waals surface area contributed by atoms with Crippen molar-refractivity contribution in [2.45, 2.75) is 6.92 Å². The fourth-order valence-electron chi connectivity index (χ4n) is 2.04. The molecule has 0 atom stereocenters. The summed E-state index contributed by atoms with van der Waals surface area (Å²) in [6.45, 7) is 2.03. The van der Waals surface area contributed by atoms with Gasteiger partial charge in [0.15, 0.2) is 0 Å². The Labute approximate surface area is 122 Å². The standard InChI is InChI=1S/C16H17FN2O2/c1-3-21-16(20)13-5-4-6-14(15(13)18)19(2)12-9-7-11(17)8-10-12/h4-10H,3,18H2,1-2H3. The Morgan fingerprint density at radius 3 is 2.52 bits per heavy atom. The number of carbonyl (C=O) groups is 1. The second-order valence-corrected chi connectivity index (χ2v) is 4.49. The van der Waals surface area contributed by atoms with Gasteiger partial charge in [-0.05, 0) is 43.3 Å². The summed E-state index contributed by atoms with van der Waals surface area (Å²) in [6.07, 6.45) is 0. The van der Waals surface area contributed by atoms with Gasteiger partial charge in [-0.25, -0.2) is 9.18 Å². The molecule has 2 N–H and O–H groups in total. The van der Waals surface area contributed by atoms with Gasteiger partial charge in [-0.1, -0.05) is 6.07 Å². The summed E-state index contributed by atoms with van der Waals surface area (Å²) in [5, 5.41) is 0. The highest BCUT2D eigenvalue weighted by Crippen LogP contribution is 2.31. The van der Waals surface area contributed by atoms with Crippen molar-refractivity contribution in [3.63, 3.8) is 0 Å². The minimum atomic E-state index is -0.454. The number of anilines is 3. The Hall–Kier alpha value is -2.56. The number of hydrogen-bond acceptors (Lipinski definition) is 4. The first kappa shape index (κ1) is 14.8. The minimum Gasteiger partial charge on any atom is -0.462 e. The molecular weight excluding hydrogens is 271 g/mol. The van der Waals surface area contributed by atoms with Crippen LogP contribution in [-0.2, 0) is 4.74 Å². The Morgan fingerprint density at radius 1 is 1.24 bits per heavy atom. The summed E-state index contributed by atoms with van der Waals surface area (Å²) < 4.78 is 18.0. The maximum Gasteiger partial charge on any atom is 0.340 e. The van der Waals surface area contributed by atoms with Gasteiger partial charge in [-0.15, -0.1) is 0 Å². The van der Waals surface area contributed by atoms with Crippen molar-refractivity contribution in [2.75, 3.05) is 24.3 Å². The number of benzene rings is 2. The lowest BCUT2D eigenvalue weighted by Gasteiger charge is -2.22. The smallest absolute Gasteiger partial charge is 0.340 e. The van der Waals surface area contributed by atoms with Crippen LogP contribution in [0.2, 0.25) is 0 Å². The summed E-state index contributed by atoms with van der Waals surface area (Å²) in [4.78, 5) is 13.6. The van der Waals surface area contributed by atoms with E-state index in [9.17, 15) is 9.18 Å². The highest BCUT2D eigenvalue weighted by molar-refractivity contribution is 5.99. The Morgan fingerprint density at radius 2 is 1.90 bits per heavy atom. The number of rotatable bonds is 4. The fraction of sp³-hybridized carbons (Fsp3) is 0.188. The number of ether oxygens (including phenoxy) is 1. The zero-order valence-corrected chi connectivity index (χ0v) is 12.0.